The Kier molecular flexibility index (Phi) is 29.0. The largest absolute Gasteiger partial charge is 0.289 e. The number of unbranched alkanes of at least 4 members (excludes halogenated alkanes) is 26. The van der Waals surface area contributed by atoms with Crippen LogP contribution in [0.4, 0.5) is 0 Å². The number of hydroxylamine groups is 1. The van der Waals surface area contributed by atoms with Gasteiger partial charge in [-0.05, 0) is 6.42 Å². The maximum absolute atomic E-state index is 10.9. The van der Waals surface area contributed by atoms with Crippen molar-refractivity contribution in [2.45, 2.75) is 187 Å². The summed E-state index contributed by atoms with van der Waals surface area (Å²) >= 11 is 0. The van der Waals surface area contributed by atoms with Crippen LogP contribution in [-0.4, -0.2) is 11.1 Å². The zero-order valence-electron chi connectivity index (χ0n) is 22.7. The van der Waals surface area contributed by atoms with E-state index in [1.54, 1.807) is 5.48 Å². The Morgan fingerprint density at radius 3 is 0.848 bits per heavy atom. The van der Waals surface area contributed by atoms with Gasteiger partial charge in [-0.25, -0.2) is 5.48 Å². The van der Waals surface area contributed by atoms with Crippen molar-refractivity contribution in [3.63, 3.8) is 0 Å². The van der Waals surface area contributed by atoms with Crippen LogP contribution in [0.1, 0.15) is 187 Å². The third-order valence-corrected chi connectivity index (χ3v) is 7.13. The SMILES string of the molecule is CCCCCCCCCCCCCCCCCCCCCCCCCCCCCC(=O)NO. The second-order valence-corrected chi connectivity index (χ2v) is 10.5. The molecule has 0 aromatic heterocycles. The standard InChI is InChI=1S/C30H61NO2/c1-2-3-4-5-6-7-8-9-10-11-12-13-14-15-16-17-18-19-20-21-22-23-24-25-26-27-28-29-30(32)31-33/h33H,2-29H2,1H3,(H,31,32). The number of carbonyl (C=O) groups excluding carboxylic acids is 1. The molecule has 0 saturated carbocycles. The van der Waals surface area contributed by atoms with Gasteiger partial charge in [0.1, 0.15) is 0 Å². The first-order chi connectivity index (χ1) is 16.3. The van der Waals surface area contributed by atoms with Gasteiger partial charge in [0.25, 0.3) is 0 Å². The monoisotopic (exact) mass is 467 g/mol. The molecule has 0 unspecified atom stereocenters. The van der Waals surface area contributed by atoms with Crippen molar-refractivity contribution in [2.75, 3.05) is 0 Å². The molecular formula is C30H61NO2. The van der Waals surface area contributed by atoms with Crippen molar-refractivity contribution in [1.29, 1.82) is 0 Å². The Morgan fingerprint density at radius 2 is 0.636 bits per heavy atom. The van der Waals surface area contributed by atoms with Gasteiger partial charge >= 0.3 is 0 Å². The quantitative estimate of drug-likeness (QED) is 0.0682. The lowest BCUT2D eigenvalue weighted by molar-refractivity contribution is -0.129. The van der Waals surface area contributed by atoms with Crippen molar-refractivity contribution in [2.24, 2.45) is 0 Å². The van der Waals surface area contributed by atoms with Gasteiger partial charge in [0.15, 0.2) is 0 Å². The lowest BCUT2D eigenvalue weighted by Gasteiger charge is -2.04. The summed E-state index contributed by atoms with van der Waals surface area (Å²) in [7, 11) is 0. The number of rotatable bonds is 28. The maximum atomic E-state index is 10.9. The van der Waals surface area contributed by atoms with Crippen LogP contribution in [0.5, 0.6) is 0 Å². The predicted octanol–water partition coefficient (Wildman–Crippen LogP) is 10.4. The van der Waals surface area contributed by atoms with E-state index in [1.807, 2.05) is 0 Å². The normalized spacial score (nSPS) is 11.2. The van der Waals surface area contributed by atoms with E-state index in [4.69, 9.17) is 5.21 Å². The zero-order chi connectivity index (χ0) is 24.1. The lowest BCUT2D eigenvalue weighted by Crippen LogP contribution is -2.17. The molecule has 0 bridgehead atoms. The molecular weight excluding hydrogens is 406 g/mol. The van der Waals surface area contributed by atoms with E-state index in [0.717, 1.165) is 12.8 Å². The average Bonchev–Trinajstić information content (AvgIpc) is 2.83. The van der Waals surface area contributed by atoms with Gasteiger partial charge in [-0.3, -0.25) is 10.0 Å². The molecule has 2 N–H and O–H groups in total. The van der Waals surface area contributed by atoms with Crippen molar-refractivity contribution >= 4 is 5.91 Å². The number of carbonyl (C=O) groups is 1. The Labute approximate surface area is 208 Å². The average molecular weight is 468 g/mol. The van der Waals surface area contributed by atoms with Crippen LogP contribution in [0.2, 0.25) is 0 Å². The Hall–Kier alpha value is -0.570. The fourth-order valence-electron chi connectivity index (χ4n) is 4.83. The van der Waals surface area contributed by atoms with E-state index < -0.39 is 0 Å². The summed E-state index contributed by atoms with van der Waals surface area (Å²) in [6.07, 6.45) is 38.1. The Morgan fingerprint density at radius 1 is 0.424 bits per heavy atom. The second kappa shape index (κ2) is 29.5. The highest BCUT2D eigenvalue weighted by molar-refractivity contribution is 5.74. The second-order valence-electron chi connectivity index (χ2n) is 10.5. The summed E-state index contributed by atoms with van der Waals surface area (Å²) in [6, 6.07) is 0. The minimum absolute atomic E-state index is 0.255. The summed E-state index contributed by atoms with van der Waals surface area (Å²) in [6.45, 7) is 2.30. The van der Waals surface area contributed by atoms with Gasteiger partial charge in [0.2, 0.25) is 5.91 Å². The van der Waals surface area contributed by atoms with Gasteiger partial charge in [-0.2, -0.15) is 0 Å². The first kappa shape index (κ1) is 32.4. The van der Waals surface area contributed by atoms with Crippen molar-refractivity contribution in [1.82, 2.24) is 5.48 Å². The summed E-state index contributed by atoms with van der Waals surface area (Å²) in [5.41, 5.74) is 1.70. The zero-order valence-corrected chi connectivity index (χ0v) is 22.7. The molecule has 0 aromatic carbocycles. The van der Waals surface area contributed by atoms with Crippen LogP contribution in [0.15, 0.2) is 0 Å². The summed E-state index contributed by atoms with van der Waals surface area (Å²) in [4.78, 5) is 10.9. The number of amides is 1. The highest BCUT2D eigenvalue weighted by atomic mass is 16.5. The molecule has 0 aliphatic heterocycles. The van der Waals surface area contributed by atoms with Crippen LogP contribution >= 0.6 is 0 Å². The molecule has 0 atom stereocenters. The van der Waals surface area contributed by atoms with Crippen LogP contribution in [0.3, 0.4) is 0 Å². The van der Waals surface area contributed by atoms with Crippen LogP contribution < -0.4 is 5.48 Å². The highest BCUT2D eigenvalue weighted by Crippen LogP contribution is 2.16. The molecule has 0 saturated heterocycles. The van der Waals surface area contributed by atoms with Gasteiger partial charge in [0.05, 0.1) is 0 Å². The summed E-state index contributed by atoms with van der Waals surface area (Å²) in [5, 5.41) is 8.43. The number of hydrogen-bond donors (Lipinski definition) is 2. The molecule has 3 nitrogen and oxygen atoms in total. The van der Waals surface area contributed by atoms with Gasteiger partial charge < -0.3 is 0 Å². The molecule has 33 heavy (non-hydrogen) atoms. The smallest absolute Gasteiger partial charge is 0.243 e. The molecule has 0 aliphatic carbocycles. The molecule has 0 radical (unpaired) electrons. The molecule has 0 spiro atoms. The van der Waals surface area contributed by atoms with Crippen molar-refractivity contribution < 1.29 is 10.0 Å². The number of hydrogen-bond acceptors (Lipinski definition) is 2. The lowest BCUT2D eigenvalue weighted by atomic mass is 10.0. The molecule has 3 heteroatoms. The van der Waals surface area contributed by atoms with E-state index in [0.29, 0.717) is 6.42 Å². The van der Waals surface area contributed by atoms with E-state index in [1.165, 1.54) is 161 Å². The van der Waals surface area contributed by atoms with Crippen molar-refractivity contribution in [3.8, 4) is 0 Å². The summed E-state index contributed by atoms with van der Waals surface area (Å²) < 4.78 is 0. The molecule has 1 amide bonds. The molecule has 0 fully saturated rings. The van der Waals surface area contributed by atoms with E-state index in [2.05, 4.69) is 6.92 Å². The maximum Gasteiger partial charge on any atom is 0.243 e. The first-order valence-corrected chi connectivity index (χ1v) is 15.2. The minimum atomic E-state index is -0.255. The molecule has 198 valence electrons. The minimum Gasteiger partial charge on any atom is -0.289 e. The third kappa shape index (κ3) is 29.4. The van der Waals surface area contributed by atoms with Gasteiger partial charge in [0, 0.05) is 6.42 Å². The number of nitrogens with one attached hydrogen (secondary N) is 1. The third-order valence-electron chi connectivity index (χ3n) is 7.13. The molecule has 0 aromatic rings. The van der Waals surface area contributed by atoms with Crippen LogP contribution in [0, 0.1) is 0 Å². The fraction of sp³-hybridized carbons (Fsp3) is 0.967. The highest BCUT2D eigenvalue weighted by Gasteiger charge is 1.99. The Bertz CT molecular complexity index is 372. The predicted molar refractivity (Wildman–Crippen MR) is 145 cm³/mol. The Balaban J connectivity index is 3.02. The van der Waals surface area contributed by atoms with Crippen molar-refractivity contribution in [3.05, 3.63) is 0 Å². The first-order valence-electron chi connectivity index (χ1n) is 15.2. The van der Waals surface area contributed by atoms with Gasteiger partial charge in [-0.1, -0.05) is 174 Å². The molecule has 0 heterocycles. The van der Waals surface area contributed by atoms with E-state index >= 15 is 0 Å². The fourth-order valence-corrected chi connectivity index (χ4v) is 4.83. The van der Waals surface area contributed by atoms with Crippen LogP contribution in [0.25, 0.3) is 0 Å². The topological polar surface area (TPSA) is 49.3 Å². The van der Waals surface area contributed by atoms with E-state index in [9.17, 15) is 4.79 Å². The summed E-state index contributed by atoms with van der Waals surface area (Å²) in [5.74, 6) is -0.255. The molecule has 0 aliphatic rings. The van der Waals surface area contributed by atoms with E-state index in [-0.39, 0.29) is 5.91 Å². The van der Waals surface area contributed by atoms with Crippen LogP contribution in [-0.2, 0) is 4.79 Å². The van der Waals surface area contributed by atoms with Gasteiger partial charge in [-0.15, -0.1) is 0 Å². The molecule has 0 rings (SSSR count).